The fourth-order valence-corrected chi connectivity index (χ4v) is 4.16. The largest absolute Gasteiger partial charge is 0.396 e. The van der Waals surface area contributed by atoms with Crippen molar-refractivity contribution in [3.05, 3.63) is 0 Å². The molecule has 0 aromatic rings. The maximum absolute atomic E-state index is 10.6. The molecule has 11 nitrogen and oxygen atoms in total. The lowest BCUT2D eigenvalue weighted by Crippen LogP contribution is -2.60. The molecule has 0 aliphatic carbocycles. The third-order valence-electron chi connectivity index (χ3n) is 6.51. The van der Waals surface area contributed by atoms with Crippen LogP contribution in [0.25, 0.3) is 0 Å². The maximum Gasteiger partial charge on any atom is 0.187 e. The minimum atomic E-state index is -1.79. The number of aliphatic hydroxyl groups excluding tert-OH is 8. The lowest BCUT2D eigenvalue weighted by atomic mass is 9.98. The summed E-state index contributed by atoms with van der Waals surface area (Å²) >= 11 is 0. The number of hydrogen-bond acceptors (Lipinski definition) is 11. The Hall–Kier alpha value is -0.440. The van der Waals surface area contributed by atoms with Gasteiger partial charge in [-0.3, -0.25) is 0 Å². The molecule has 35 heavy (non-hydrogen) atoms. The van der Waals surface area contributed by atoms with Crippen molar-refractivity contribution in [3.8, 4) is 0 Å². The van der Waals surface area contributed by atoms with Gasteiger partial charge in [0.05, 0.1) is 18.8 Å². The number of rotatable bonds is 19. The molecular weight excluding hydrogens is 464 g/mol. The molecule has 0 saturated carbocycles. The van der Waals surface area contributed by atoms with Crippen LogP contribution in [0.5, 0.6) is 0 Å². The smallest absolute Gasteiger partial charge is 0.187 e. The predicted molar refractivity (Wildman–Crippen MR) is 126 cm³/mol. The lowest BCUT2D eigenvalue weighted by Gasteiger charge is -2.41. The zero-order chi connectivity index (χ0) is 26.4. The molecule has 1 rings (SSSR count). The highest BCUT2D eigenvalue weighted by Crippen LogP contribution is 2.25. The van der Waals surface area contributed by atoms with Crippen LogP contribution in [0.2, 0.25) is 0 Å². The summed E-state index contributed by atoms with van der Waals surface area (Å²) in [6.45, 7) is 2.95. The van der Waals surface area contributed by atoms with Crippen LogP contribution in [0.4, 0.5) is 0 Å². The standard InChI is InChI=1S/C24H48O11/c1-3-5-6-7-8-9-10-11-15(4-2)33-23(32)21(30)18(27)16(12-13-25)34-24-22(31)20(29)19(28)17(14-26)35-24/h15-32H,3-14H2,1-2H3. The van der Waals surface area contributed by atoms with Crippen molar-refractivity contribution in [1.82, 2.24) is 0 Å². The molecule has 10 atom stereocenters. The molecule has 1 saturated heterocycles. The van der Waals surface area contributed by atoms with Crippen LogP contribution >= 0.6 is 0 Å². The summed E-state index contributed by atoms with van der Waals surface area (Å²) in [5, 5.41) is 80.1. The van der Waals surface area contributed by atoms with Gasteiger partial charge in [-0.2, -0.15) is 0 Å². The van der Waals surface area contributed by atoms with Gasteiger partial charge in [-0.15, -0.1) is 0 Å². The van der Waals surface area contributed by atoms with Crippen LogP contribution in [0.3, 0.4) is 0 Å². The van der Waals surface area contributed by atoms with E-state index in [-0.39, 0.29) is 12.5 Å². The Morgan fingerprint density at radius 1 is 0.771 bits per heavy atom. The van der Waals surface area contributed by atoms with Crippen LogP contribution in [0.15, 0.2) is 0 Å². The Bertz CT molecular complexity index is 524. The van der Waals surface area contributed by atoms with Crippen LogP contribution in [-0.4, -0.2) is 115 Å². The topological polar surface area (TPSA) is 190 Å². The first-order chi connectivity index (χ1) is 16.7. The second-order valence-electron chi connectivity index (χ2n) is 9.33. The molecule has 1 fully saturated rings. The van der Waals surface area contributed by atoms with Crippen LogP contribution < -0.4 is 0 Å². The quantitative estimate of drug-likeness (QED) is 0.0825. The average Bonchev–Trinajstić information content (AvgIpc) is 2.86. The first-order valence-electron chi connectivity index (χ1n) is 13.0. The fraction of sp³-hybridized carbons (Fsp3) is 1.00. The molecule has 0 aromatic heterocycles. The minimum absolute atomic E-state index is 0.199. The second-order valence-corrected chi connectivity index (χ2v) is 9.33. The first kappa shape index (κ1) is 32.6. The van der Waals surface area contributed by atoms with Crippen molar-refractivity contribution < 1.29 is 55.1 Å². The monoisotopic (exact) mass is 512 g/mol. The van der Waals surface area contributed by atoms with Crippen molar-refractivity contribution in [3.63, 3.8) is 0 Å². The van der Waals surface area contributed by atoms with E-state index in [1.54, 1.807) is 0 Å². The summed E-state index contributed by atoms with van der Waals surface area (Å²) in [7, 11) is 0. The third kappa shape index (κ3) is 10.8. The highest BCUT2D eigenvalue weighted by atomic mass is 16.7. The van der Waals surface area contributed by atoms with Crippen LogP contribution in [0.1, 0.15) is 78.1 Å². The minimum Gasteiger partial charge on any atom is -0.396 e. The van der Waals surface area contributed by atoms with E-state index in [0.717, 1.165) is 19.3 Å². The first-order valence-corrected chi connectivity index (χ1v) is 13.0. The van der Waals surface area contributed by atoms with Gasteiger partial charge < -0.3 is 55.1 Å². The molecule has 0 aromatic carbocycles. The highest BCUT2D eigenvalue weighted by molar-refractivity contribution is 4.90. The van der Waals surface area contributed by atoms with Gasteiger partial charge in [-0.25, -0.2) is 0 Å². The van der Waals surface area contributed by atoms with Crippen molar-refractivity contribution in [1.29, 1.82) is 0 Å². The molecule has 0 spiro atoms. The lowest BCUT2D eigenvalue weighted by molar-refractivity contribution is -0.323. The highest BCUT2D eigenvalue weighted by Gasteiger charge is 2.46. The molecule has 0 bridgehead atoms. The predicted octanol–water partition coefficient (Wildman–Crippen LogP) is -0.470. The summed E-state index contributed by atoms with van der Waals surface area (Å²) in [5.74, 6) is 0. The van der Waals surface area contributed by atoms with Crippen LogP contribution in [0, 0.1) is 0 Å². The summed E-state index contributed by atoms with van der Waals surface area (Å²) in [5.41, 5.74) is 0. The SMILES string of the molecule is CCCCCCCCCC(CC)OC(O)C(O)C(O)C(CCO)OC1OC(CO)C(O)C(O)C1O. The number of ether oxygens (including phenoxy) is 3. The van der Waals surface area contributed by atoms with Gasteiger partial charge in [0.1, 0.15) is 36.6 Å². The van der Waals surface area contributed by atoms with Crippen molar-refractivity contribution in [2.45, 2.75) is 139 Å². The second kappa shape index (κ2) is 17.9. The van der Waals surface area contributed by atoms with Crippen molar-refractivity contribution in [2.24, 2.45) is 0 Å². The van der Waals surface area contributed by atoms with Gasteiger partial charge >= 0.3 is 0 Å². The Morgan fingerprint density at radius 2 is 1.40 bits per heavy atom. The maximum atomic E-state index is 10.6. The molecular formula is C24H48O11. The van der Waals surface area contributed by atoms with Gasteiger partial charge in [0, 0.05) is 6.61 Å². The van der Waals surface area contributed by atoms with Gasteiger partial charge in [-0.05, 0) is 19.3 Å². The molecule has 210 valence electrons. The summed E-state index contributed by atoms with van der Waals surface area (Å²) in [6.07, 6.45) is -5.58. The van der Waals surface area contributed by atoms with E-state index in [9.17, 15) is 40.9 Å². The van der Waals surface area contributed by atoms with Crippen molar-refractivity contribution >= 4 is 0 Å². The Morgan fingerprint density at radius 3 is 1.97 bits per heavy atom. The number of aliphatic hydroxyl groups is 8. The van der Waals surface area contributed by atoms with Gasteiger partial charge in [-0.1, -0.05) is 58.8 Å². The Kier molecular flexibility index (Phi) is 16.7. The van der Waals surface area contributed by atoms with E-state index in [0.29, 0.717) is 12.8 Å². The summed E-state index contributed by atoms with van der Waals surface area (Å²) < 4.78 is 16.3. The van der Waals surface area contributed by atoms with E-state index in [4.69, 9.17) is 14.2 Å². The molecule has 0 radical (unpaired) electrons. The van der Waals surface area contributed by atoms with Crippen LogP contribution in [-0.2, 0) is 14.2 Å². The number of unbranched alkanes of at least 4 members (excludes halogenated alkanes) is 6. The van der Waals surface area contributed by atoms with Gasteiger partial charge in [0.15, 0.2) is 12.6 Å². The summed E-state index contributed by atoms with van der Waals surface area (Å²) in [4.78, 5) is 0. The van der Waals surface area contributed by atoms with E-state index >= 15 is 0 Å². The molecule has 0 amide bonds. The molecule has 8 N–H and O–H groups in total. The van der Waals surface area contributed by atoms with E-state index in [1.165, 1.54) is 25.7 Å². The zero-order valence-electron chi connectivity index (χ0n) is 21.1. The van der Waals surface area contributed by atoms with Gasteiger partial charge in [0.25, 0.3) is 0 Å². The third-order valence-corrected chi connectivity index (χ3v) is 6.51. The van der Waals surface area contributed by atoms with E-state index < -0.39 is 68.5 Å². The Labute approximate surface area is 208 Å². The van der Waals surface area contributed by atoms with E-state index in [2.05, 4.69) is 6.92 Å². The summed E-state index contributed by atoms with van der Waals surface area (Å²) in [6, 6.07) is 0. The van der Waals surface area contributed by atoms with Gasteiger partial charge in [0.2, 0.25) is 0 Å². The number of hydrogen-bond donors (Lipinski definition) is 8. The molecule has 11 heteroatoms. The van der Waals surface area contributed by atoms with Crippen molar-refractivity contribution in [2.75, 3.05) is 13.2 Å². The fourth-order valence-electron chi connectivity index (χ4n) is 4.16. The molecule has 10 unspecified atom stereocenters. The van der Waals surface area contributed by atoms with E-state index in [1.807, 2.05) is 6.92 Å². The Balaban J connectivity index is 2.62. The molecule has 1 heterocycles. The average molecular weight is 513 g/mol. The normalized spacial score (nSPS) is 29.5. The molecule has 1 aliphatic heterocycles. The zero-order valence-corrected chi connectivity index (χ0v) is 21.1. The molecule has 1 aliphatic rings.